The molecule has 0 aromatic carbocycles. The highest BCUT2D eigenvalue weighted by atomic mass is 19.4. The zero-order valence-electron chi connectivity index (χ0n) is 8.41. The molecule has 1 unspecified atom stereocenters. The number of nitrogens with one attached hydrogen (secondary N) is 1. The zero-order valence-corrected chi connectivity index (χ0v) is 8.41. The highest BCUT2D eigenvalue weighted by molar-refractivity contribution is 4.97. The largest absolute Gasteiger partial charge is 0.402 e. The lowest BCUT2D eigenvalue weighted by Crippen LogP contribution is -2.53. The summed E-state index contributed by atoms with van der Waals surface area (Å²) in [6.45, 7) is 4.59. The van der Waals surface area contributed by atoms with Gasteiger partial charge in [0.05, 0.1) is 0 Å². The van der Waals surface area contributed by atoms with Gasteiger partial charge in [0.2, 0.25) is 0 Å². The smallest absolute Gasteiger partial charge is 0.271 e. The average molecular weight is 250 g/mol. The van der Waals surface area contributed by atoms with Crippen molar-refractivity contribution in [1.29, 1.82) is 0 Å². The van der Waals surface area contributed by atoms with Crippen LogP contribution in [0.1, 0.15) is 13.3 Å². The SMILES string of the molecule is C=C(C)CC(NN)C(C(F)(F)F)C(F)(F)F. The molecule has 0 saturated carbocycles. The second-order valence-corrected chi connectivity index (χ2v) is 3.50. The van der Waals surface area contributed by atoms with Crippen molar-refractivity contribution < 1.29 is 26.3 Å². The summed E-state index contributed by atoms with van der Waals surface area (Å²) in [5.74, 6) is 1.23. The number of halogens is 6. The van der Waals surface area contributed by atoms with Crippen molar-refractivity contribution in [2.45, 2.75) is 31.7 Å². The lowest BCUT2D eigenvalue weighted by molar-refractivity contribution is -0.291. The highest BCUT2D eigenvalue weighted by Crippen LogP contribution is 2.42. The summed E-state index contributed by atoms with van der Waals surface area (Å²) >= 11 is 0. The molecule has 0 aliphatic rings. The van der Waals surface area contributed by atoms with Crippen LogP contribution in [0.25, 0.3) is 0 Å². The highest BCUT2D eigenvalue weighted by Gasteiger charge is 2.59. The van der Waals surface area contributed by atoms with Crippen LogP contribution >= 0.6 is 0 Å². The molecular formula is C8H12F6N2. The first-order valence-corrected chi connectivity index (χ1v) is 4.24. The van der Waals surface area contributed by atoms with Crippen LogP contribution in [0.3, 0.4) is 0 Å². The molecule has 1 atom stereocenters. The van der Waals surface area contributed by atoms with Gasteiger partial charge in [-0.1, -0.05) is 5.57 Å². The maximum atomic E-state index is 12.3. The van der Waals surface area contributed by atoms with Gasteiger partial charge in [-0.15, -0.1) is 6.58 Å². The van der Waals surface area contributed by atoms with Gasteiger partial charge < -0.3 is 0 Å². The van der Waals surface area contributed by atoms with Gasteiger partial charge >= 0.3 is 12.4 Å². The fourth-order valence-electron chi connectivity index (χ4n) is 1.29. The molecule has 0 radical (unpaired) electrons. The number of rotatable bonds is 4. The molecule has 0 heterocycles. The molecule has 0 saturated heterocycles. The molecule has 0 bridgehead atoms. The Labute approximate surface area is 88.5 Å². The second kappa shape index (κ2) is 5.05. The number of nitrogens with two attached hydrogens (primary N) is 1. The van der Waals surface area contributed by atoms with E-state index >= 15 is 0 Å². The molecule has 0 spiro atoms. The Morgan fingerprint density at radius 3 is 1.75 bits per heavy atom. The van der Waals surface area contributed by atoms with Gasteiger partial charge in [-0.05, 0) is 13.3 Å². The fraction of sp³-hybridized carbons (Fsp3) is 0.750. The zero-order chi connectivity index (χ0) is 13.1. The Hall–Kier alpha value is -0.760. The fourth-order valence-corrected chi connectivity index (χ4v) is 1.29. The van der Waals surface area contributed by atoms with Crippen LogP contribution in [0, 0.1) is 5.92 Å². The van der Waals surface area contributed by atoms with E-state index in [2.05, 4.69) is 6.58 Å². The van der Waals surface area contributed by atoms with Gasteiger partial charge in [-0.3, -0.25) is 11.3 Å². The molecule has 16 heavy (non-hydrogen) atoms. The van der Waals surface area contributed by atoms with E-state index in [-0.39, 0.29) is 5.57 Å². The third-order valence-electron chi connectivity index (χ3n) is 1.89. The quantitative estimate of drug-likeness (QED) is 0.348. The molecule has 0 aliphatic heterocycles. The summed E-state index contributed by atoms with van der Waals surface area (Å²) < 4.78 is 73.5. The van der Waals surface area contributed by atoms with Crippen molar-refractivity contribution in [1.82, 2.24) is 5.43 Å². The Balaban J connectivity index is 5.08. The minimum Gasteiger partial charge on any atom is -0.271 e. The summed E-state index contributed by atoms with van der Waals surface area (Å²) in [6.07, 6.45) is -11.3. The van der Waals surface area contributed by atoms with E-state index in [1.165, 1.54) is 6.92 Å². The monoisotopic (exact) mass is 250 g/mol. The van der Waals surface area contributed by atoms with E-state index in [0.717, 1.165) is 0 Å². The third kappa shape index (κ3) is 4.40. The van der Waals surface area contributed by atoms with E-state index in [4.69, 9.17) is 5.84 Å². The molecule has 2 nitrogen and oxygen atoms in total. The molecule has 0 aliphatic carbocycles. The van der Waals surface area contributed by atoms with Crippen LogP contribution in [-0.2, 0) is 0 Å². The molecule has 0 rings (SSSR count). The number of alkyl halides is 6. The Morgan fingerprint density at radius 2 is 1.56 bits per heavy atom. The lowest BCUT2D eigenvalue weighted by Gasteiger charge is -2.30. The predicted octanol–water partition coefficient (Wildman–Crippen LogP) is 2.53. The number of hydrogen-bond donors (Lipinski definition) is 2. The second-order valence-electron chi connectivity index (χ2n) is 3.50. The summed E-state index contributed by atoms with van der Waals surface area (Å²) in [5, 5.41) is 0. The van der Waals surface area contributed by atoms with Crippen LogP contribution in [0.4, 0.5) is 26.3 Å². The first-order chi connectivity index (χ1) is 7.00. The maximum Gasteiger partial charge on any atom is 0.402 e. The molecular weight excluding hydrogens is 238 g/mol. The molecule has 0 aromatic rings. The molecule has 8 heteroatoms. The normalized spacial score (nSPS) is 15.3. The first kappa shape index (κ1) is 15.2. The lowest BCUT2D eigenvalue weighted by atomic mass is 9.93. The van der Waals surface area contributed by atoms with Gasteiger partial charge in [0, 0.05) is 6.04 Å². The Kier molecular flexibility index (Phi) is 4.81. The first-order valence-electron chi connectivity index (χ1n) is 4.24. The van der Waals surface area contributed by atoms with E-state index in [9.17, 15) is 26.3 Å². The molecule has 0 fully saturated rings. The Morgan fingerprint density at radius 1 is 1.19 bits per heavy atom. The van der Waals surface area contributed by atoms with Gasteiger partial charge in [0.15, 0.2) is 5.92 Å². The van der Waals surface area contributed by atoms with Crippen molar-refractivity contribution in [3.8, 4) is 0 Å². The maximum absolute atomic E-state index is 12.3. The number of hydrazine groups is 1. The summed E-state index contributed by atoms with van der Waals surface area (Å²) in [6, 6.07) is -1.96. The van der Waals surface area contributed by atoms with Crippen LogP contribution in [0.2, 0.25) is 0 Å². The van der Waals surface area contributed by atoms with Crippen molar-refractivity contribution in [2.75, 3.05) is 0 Å². The molecule has 0 amide bonds. The van der Waals surface area contributed by atoms with Crippen molar-refractivity contribution in [2.24, 2.45) is 11.8 Å². The summed E-state index contributed by atoms with van der Waals surface area (Å²) in [4.78, 5) is 0. The van der Waals surface area contributed by atoms with Crippen molar-refractivity contribution in [3.05, 3.63) is 12.2 Å². The third-order valence-corrected chi connectivity index (χ3v) is 1.89. The van der Waals surface area contributed by atoms with Crippen LogP contribution < -0.4 is 11.3 Å². The van der Waals surface area contributed by atoms with Crippen LogP contribution in [-0.4, -0.2) is 18.4 Å². The van der Waals surface area contributed by atoms with Crippen molar-refractivity contribution >= 4 is 0 Å². The Bertz CT molecular complexity index is 230. The summed E-state index contributed by atoms with van der Waals surface area (Å²) in [5.41, 5.74) is 1.73. The average Bonchev–Trinajstić information content (AvgIpc) is 1.96. The van der Waals surface area contributed by atoms with Gasteiger partial charge in [-0.25, -0.2) is 0 Å². The number of hydrogen-bond acceptors (Lipinski definition) is 2. The standard InChI is InChI=1S/C8H12F6N2/c1-4(2)3-5(16-15)6(7(9,10)11)8(12,13)14/h5-6,16H,1,3,15H2,2H3. The molecule has 0 aromatic heterocycles. The molecule has 3 N–H and O–H groups in total. The topological polar surface area (TPSA) is 38.0 Å². The predicted molar refractivity (Wildman–Crippen MR) is 46.1 cm³/mol. The molecule has 96 valence electrons. The van der Waals surface area contributed by atoms with E-state index in [0.29, 0.717) is 0 Å². The minimum atomic E-state index is -5.40. The van der Waals surface area contributed by atoms with Gasteiger partial charge in [0.1, 0.15) is 0 Å². The van der Waals surface area contributed by atoms with E-state index in [1.807, 2.05) is 0 Å². The van der Waals surface area contributed by atoms with Gasteiger partial charge in [0.25, 0.3) is 0 Å². The van der Waals surface area contributed by atoms with Crippen molar-refractivity contribution in [3.63, 3.8) is 0 Å². The van der Waals surface area contributed by atoms with E-state index in [1.54, 1.807) is 5.43 Å². The van der Waals surface area contributed by atoms with Crippen LogP contribution in [0.15, 0.2) is 12.2 Å². The minimum absolute atomic E-state index is 0.182. The van der Waals surface area contributed by atoms with Crippen LogP contribution in [0.5, 0.6) is 0 Å². The summed E-state index contributed by atoms with van der Waals surface area (Å²) in [7, 11) is 0. The van der Waals surface area contributed by atoms with Gasteiger partial charge in [-0.2, -0.15) is 26.3 Å². The van der Waals surface area contributed by atoms with E-state index < -0.39 is 30.7 Å².